The van der Waals surface area contributed by atoms with Gasteiger partial charge in [-0.3, -0.25) is 0 Å². The van der Waals surface area contributed by atoms with Crippen LogP contribution in [0.15, 0.2) is 309 Å². The van der Waals surface area contributed by atoms with Gasteiger partial charge in [0.05, 0.1) is 11.2 Å². The predicted octanol–water partition coefficient (Wildman–Crippen LogP) is 23.1. The molecule has 1 aromatic heterocycles. The molecule has 0 bridgehead atoms. The zero-order chi connectivity index (χ0) is 56.4. The molecule has 13 rings (SSSR count). The van der Waals surface area contributed by atoms with Crippen molar-refractivity contribution in [3.63, 3.8) is 0 Å². The fourth-order valence-electron chi connectivity index (χ4n) is 12.7. The number of hydrogen-bond donors (Lipinski definition) is 0. The number of hydrogen-bond acceptors (Lipinski definition) is 1. The molecule has 1 heterocycles. The largest absolute Gasteiger partial charge is 0.316 e. The fraction of sp³-hybridized carbons (Fsp3) is 0.0617. The van der Waals surface area contributed by atoms with Gasteiger partial charge in [-0.1, -0.05) is 232 Å². The number of rotatable bonds is 14. The molecule has 0 amide bonds. The molecular weight excluding hydrogens is 1000 g/mol. The van der Waals surface area contributed by atoms with Gasteiger partial charge in [0.15, 0.2) is 0 Å². The lowest BCUT2D eigenvalue weighted by atomic mass is 9.84. The first-order valence-corrected chi connectivity index (χ1v) is 29.0. The van der Waals surface area contributed by atoms with E-state index in [0.29, 0.717) is 0 Å². The molecule has 0 aliphatic carbocycles. The topological polar surface area (TPSA) is 8.17 Å². The summed E-state index contributed by atoms with van der Waals surface area (Å²) in [5.74, 6) is 0. The van der Waals surface area contributed by atoms with E-state index in [4.69, 9.17) is 0 Å². The molecule has 0 saturated carbocycles. The number of aromatic nitrogens is 1. The SMILES string of the molecule is C=CC(/C=C/C)=C(CC)/C(/C=C\C)=C/c1cn(-c2ccc(N(c3ccccc3)c3cc(C)cc4c(-c5c6ccccc6c(-c6ccc7ccccc7c6)c6ccccc56)cccc34)cc2)c2ccc(-c3ccccc3-c3ccccc3)cc12. The van der Waals surface area contributed by atoms with Crippen molar-refractivity contribution in [1.29, 1.82) is 0 Å². The first kappa shape index (κ1) is 52.1. The van der Waals surface area contributed by atoms with Crippen molar-refractivity contribution in [2.75, 3.05) is 4.90 Å². The van der Waals surface area contributed by atoms with E-state index in [-0.39, 0.29) is 0 Å². The fourth-order valence-corrected chi connectivity index (χ4v) is 12.7. The zero-order valence-corrected chi connectivity index (χ0v) is 47.5. The van der Waals surface area contributed by atoms with Crippen molar-refractivity contribution >= 4 is 77.1 Å². The van der Waals surface area contributed by atoms with E-state index in [1.54, 1.807) is 0 Å². The lowest BCUT2D eigenvalue weighted by Gasteiger charge is -2.28. The molecule has 0 aliphatic heterocycles. The third kappa shape index (κ3) is 9.69. The highest BCUT2D eigenvalue weighted by Gasteiger charge is 2.23. The van der Waals surface area contributed by atoms with E-state index < -0.39 is 0 Å². The molecule has 0 atom stereocenters. The van der Waals surface area contributed by atoms with Crippen LogP contribution in [-0.4, -0.2) is 4.57 Å². The summed E-state index contributed by atoms with van der Waals surface area (Å²) >= 11 is 0. The van der Waals surface area contributed by atoms with Gasteiger partial charge in [0.1, 0.15) is 0 Å². The van der Waals surface area contributed by atoms with Crippen LogP contribution >= 0.6 is 0 Å². The average molecular weight is 1070 g/mol. The minimum atomic E-state index is 0.862. The summed E-state index contributed by atoms with van der Waals surface area (Å²) in [4.78, 5) is 2.43. The normalized spacial score (nSPS) is 12.4. The Morgan fingerprint density at radius 2 is 1.04 bits per heavy atom. The summed E-state index contributed by atoms with van der Waals surface area (Å²) in [5, 5.41) is 11.0. The second-order valence-electron chi connectivity index (χ2n) is 21.5. The van der Waals surface area contributed by atoms with Crippen LogP contribution in [0, 0.1) is 6.92 Å². The number of benzene rings is 12. The highest BCUT2D eigenvalue weighted by molar-refractivity contribution is 6.24. The van der Waals surface area contributed by atoms with Gasteiger partial charge >= 0.3 is 0 Å². The lowest BCUT2D eigenvalue weighted by Crippen LogP contribution is -2.11. The lowest BCUT2D eigenvalue weighted by molar-refractivity contribution is 1.11. The number of nitrogens with zero attached hydrogens (tertiary/aromatic N) is 2. The number of fused-ring (bicyclic) bond motifs is 5. The molecule has 13 aromatic rings. The van der Waals surface area contributed by atoms with E-state index in [1.807, 2.05) is 6.08 Å². The second-order valence-corrected chi connectivity index (χ2v) is 21.5. The number of aryl methyl sites for hydroxylation is 1. The Kier molecular flexibility index (Phi) is 14.2. The maximum absolute atomic E-state index is 4.23. The molecule has 0 aliphatic rings. The minimum Gasteiger partial charge on any atom is -0.316 e. The molecule has 0 radical (unpaired) electrons. The molecule has 2 nitrogen and oxygen atoms in total. The standard InChI is InChI=1S/C81H64N2/c1-6-25-56(8-3)67(9-4)60(26-7-2)52-63-54-82(78-48-43-61(53-76(63)78)69-34-19-18-33-68(69)58-28-12-10-13-29-58)64-44-46-66(47-45-64)83(65-31-14-11-15-32-65)79-50-55(5)49-77-70(79)39-24-40-75(77)81-73-37-22-20-35-71(73)80(72-36-21-23-38-74(72)81)62-42-41-57-27-16-17-30-59(57)51-62/h6-8,10-54H,3,9H2,1-2,4-5H3/b25-6+,26-7-,60-52+,67-56-. The van der Waals surface area contributed by atoms with Crippen LogP contribution < -0.4 is 4.90 Å². The van der Waals surface area contributed by atoms with Gasteiger partial charge in [-0.05, 0) is 198 Å². The summed E-state index contributed by atoms with van der Waals surface area (Å²) in [6, 6.07) is 91.6. The first-order chi connectivity index (χ1) is 40.9. The van der Waals surface area contributed by atoms with Crippen LogP contribution in [-0.2, 0) is 0 Å². The average Bonchev–Trinajstić information content (AvgIpc) is 3.82. The predicted molar refractivity (Wildman–Crippen MR) is 360 cm³/mol. The Labute approximate surface area is 487 Å². The Bertz CT molecular complexity index is 4680. The first-order valence-electron chi connectivity index (χ1n) is 29.0. The number of anilines is 3. The van der Waals surface area contributed by atoms with Crippen LogP contribution in [0.2, 0.25) is 0 Å². The van der Waals surface area contributed by atoms with Gasteiger partial charge in [-0.15, -0.1) is 0 Å². The van der Waals surface area contributed by atoms with Crippen molar-refractivity contribution in [2.45, 2.75) is 34.1 Å². The smallest absolute Gasteiger partial charge is 0.0542 e. The number of allylic oxidation sites excluding steroid dienone is 8. The minimum absolute atomic E-state index is 0.862. The molecular formula is C81H64N2. The van der Waals surface area contributed by atoms with Crippen molar-refractivity contribution in [3.8, 4) is 50.2 Å². The van der Waals surface area contributed by atoms with Crippen LogP contribution in [0.1, 0.15) is 38.3 Å². The van der Waals surface area contributed by atoms with E-state index >= 15 is 0 Å². The summed E-state index contributed by atoms with van der Waals surface area (Å²) in [6.07, 6.45) is 16.2. The zero-order valence-electron chi connectivity index (χ0n) is 47.5. The Morgan fingerprint density at radius 3 is 1.71 bits per heavy atom. The van der Waals surface area contributed by atoms with Gasteiger partial charge in [0, 0.05) is 39.6 Å². The van der Waals surface area contributed by atoms with Crippen LogP contribution in [0.25, 0.3) is 110 Å². The quantitative estimate of drug-likeness (QED) is 0.0778. The Hall–Kier alpha value is -10.3. The van der Waals surface area contributed by atoms with Crippen LogP contribution in [0.4, 0.5) is 17.1 Å². The van der Waals surface area contributed by atoms with Crippen LogP contribution in [0.5, 0.6) is 0 Å². The molecule has 398 valence electrons. The molecule has 2 heteroatoms. The monoisotopic (exact) mass is 1060 g/mol. The van der Waals surface area contributed by atoms with E-state index in [9.17, 15) is 0 Å². The Balaban J connectivity index is 0.968. The van der Waals surface area contributed by atoms with Crippen molar-refractivity contribution in [2.24, 2.45) is 0 Å². The Morgan fingerprint density at radius 1 is 0.458 bits per heavy atom. The van der Waals surface area contributed by atoms with Crippen molar-refractivity contribution in [1.82, 2.24) is 4.57 Å². The maximum Gasteiger partial charge on any atom is 0.0542 e. The molecule has 0 unspecified atom stereocenters. The van der Waals surface area contributed by atoms with Gasteiger partial charge in [0.25, 0.3) is 0 Å². The van der Waals surface area contributed by atoms with Crippen molar-refractivity contribution in [3.05, 3.63) is 320 Å². The summed E-state index contributed by atoms with van der Waals surface area (Å²) < 4.78 is 2.36. The maximum atomic E-state index is 4.23. The van der Waals surface area contributed by atoms with Gasteiger partial charge in [0.2, 0.25) is 0 Å². The molecule has 0 spiro atoms. The van der Waals surface area contributed by atoms with Crippen molar-refractivity contribution < 1.29 is 0 Å². The molecule has 83 heavy (non-hydrogen) atoms. The van der Waals surface area contributed by atoms with E-state index in [2.05, 4.69) is 329 Å². The number of para-hydroxylation sites is 1. The van der Waals surface area contributed by atoms with E-state index in [0.717, 1.165) is 45.8 Å². The van der Waals surface area contributed by atoms with Crippen LogP contribution in [0.3, 0.4) is 0 Å². The summed E-state index contributed by atoms with van der Waals surface area (Å²) in [5.41, 5.74) is 21.1. The second kappa shape index (κ2) is 22.7. The molecule has 12 aromatic carbocycles. The molecule has 0 saturated heterocycles. The van der Waals surface area contributed by atoms with Gasteiger partial charge in [-0.25, -0.2) is 0 Å². The summed E-state index contributed by atoms with van der Waals surface area (Å²) in [7, 11) is 0. The molecule has 0 N–H and O–H groups in total. The van der Waals surface area contributed by atoms with E-state index in [1.165, 1.54) is 110 Å². The third-order valence-corrected chi connectivity index (χ3v) is 16.4. The highest BCUT2D eigenvalue weighted by Crippen LogP contribution is 2.48. The molecule has 0 fully saturated rings. The summed E-state index contributed by atoms with van der Waals surface area (Å²) in [6.45, 7) is 12.9. The third-order valence-electron chi connectivity index (χ3n) is 16.4. The highest BCUT2D eigenvalue weighted by atomic mass is 15.1. The van der Waals surface area contributed by atoms with Gasteiger partial charge < -0.3 is 9.47 Å². The van der Waals surface area contributed by atoms with Gasteiger partial charge in [-0.2, -0.15) is 0 Å².